The zero-order valence-corrected chi connectivity index (χ0v) is 9.58. The third kappa shape index (κ3) is 2.33. The lowest BCUT2D eigenvalue weighted by Gasteiger charge is -2.16. The molecule has 14 heavy (non-hydrogen) atoms. The highest BCUT2D eigenvalue weighted by molar-refractivity contribution is 7.83. The molecule has 3 atom stereocenters. The standard InChI is InChI=1S/C9H17NO3S/c1-6(2)14(13)10-4-7(3)8(5-10)9(11)12/h6-8H,4-5H2,1-3H3,(H,11,12)/t7-,8-,14?/m1/s1. The minimum atomic E-state index is -1.03. The third-order valence-electron chi connectivity index (χ3n) is 2.55. The fourth-order valence-corrected chi connectivity index (χ4v) is 2.97. The van der Waals surface area contributed by atoms with Crippen LogP contribution in [0.1, 0.15) is 20.8 Å². The molecule has 0 bridgehead atoms. The maximum Gasteiger partial charge on any atom is 0.308 e. The van der Waals surface area contributed by atoms with E-state index < -0.39 is 17.0 Å². The van der Waals surface area contributed by atoms with Crippen molar-refractivity contribution in [2.45, 2.75) is 26.0 Å². The second-order valence-corrected chi connectivity index (χ2v) is 6.11. The second-order valence-electron chi connectivity index (χ2n) is 4.09. The van der Waals surface area contributed by atoms with Crippen LogP contribution in [-0.2, 0) is 15.8 Å². The molecule has 0 spiro atoms. The molecule has 0 radical (unpaired) electrons. The topological polar surface area (TPSA) is 57.6 Å². The Morgan fingerprint density at radius 2 is 2.07 bits per heavy atom. The number of carboxylic acids is 1. The highest BCUT2D eigenvalue weighted by Gasteiger charge is 2.37. The van der Waals surface area contributed by atoms with Gasteiger partial charge < -0.3 is 5.11 Å². The molecule has 0 saturated carbocycles. The predicted octanol–water partition coefficient (Wildman–Crippen LogP) is 0.711. The van der Waals surface area contributed by atoms with Crippen LogP contribution in [0.15, 0.2) is 0 Å². The summed E-state index contributed by atoms with van der Waals surface area (Å²) in [4.78, 5) is 10.8. The van der Waals surface area contributed by atoms with Gasteiger partial charge in [-0.1, -0.05) is 6.92 Å². The molecule has 0 amide bonds. The van der Waals surface area contributed by atoms with Crippen molar-refractivity contribution in [2.75, 3.05) is 13.1 Å². The molecule has 1 heterocycles. The van der Waals surface area contributed by atoms with Gasteiger partial charge in [0.25, 0.3) is 0 Å². The number of rotatable bonds is 3. The average Bonchev–Trinajstić information content (AvgIpc) is 2.45. The molecule has 5 heteroatoms. The van der Waals surface area contributed by atoms with Crippen LogP contribution in [0.2, 0.25) is 0 Å². The van der Waals surface area contributed by atoms with E-state index in [0.717, 1.165) is 0 Å². The van der Waals surface area contributed by atoms with Gasteiger partial charge in [-0.2, -0.15) is 0 Å². The summed E-state index contributed by atoms with van der Waals surface area (Å²) in [5.74, 6) is -1.05. The number of aliphatic carboxylic acids is 1. The molecular formula is C9H17NO3S. The summed E-state index contributed by atoms with van der Waals surface area (Å²) in [6.45, 7) is 6.71. The average molecular weight is 219 g/mol. The Labute approximate surface area is 86.9 Å². The lowest BCUT2D eigenvalue weighted by Crippen LogP contribution is -2.29. The first-order chi connectivity index (χ1) is 6.43. The van der Waals surface area contributed by atoms with Gasteiger partial charge in [-0.15, -0.1) is 0 Å². The molecule has 0 aliphatic carbocycles. The molecule has 1 aliphatic heterocycles. The summed E-state index contributed by atoms with van der Waals surface area (Å²) in [5, 5.41) is 8.96. The Balaban J connectivity index is 2.63. The molecule has 4 nitrogen and oxygen atoms in total. The fraction of sp³-hybridized carbons (Fsp3) is 0.889. The van der Waals surface area contributed by atoms with Gasteiger partial charge >= 0.3 is 5.97 Å². The van der Waals surface area contributed by atoms with Crippen LogP contribution in [0, 0.1) is 11.8 Å². The summed E-state index contributed by atoms with van der Waals surface area (Å²) >= 11 is 0. The van der Waals surface area contributed by atoms with Crippen molar-refractivity contribution in [3.05, 3.63) is 0 Å². The van der Waals surface area contributed by atoms with Crippen molar-refractivity contribution in [1.29, 1.82) is 0 Å². The Morgan fingerprint density at radius 1 is 1.50 bits per heavy atom. The van der Waals surface area contributed by atoms with Crippen molar-refractivity contribution >= 4 is 17.0 Å². The van der Waals surface area contributed by atoms with Gasteiger partial charge in [0, 0.05) is 18.3 Å². The zero-order chi connectivity index (χ0) is 10.9. The van der Waals surface area contributed by atoms with E-state index in [1.807, 2.05) is 20.8 Å². The quantitative estimate of drug-likeness (QED) is 0.760. The van der Waals surface area contributed by atoms with Crippen LogP contribution >= 0.6 is 0 Å². The van der Waals surface area contributed by atoms with Gasteiger partial charge in [-0.3, -0.25) is 4.79 Å². The number of carboxylic acid groups (broad SMARTS) is 1. The van der Waals surface area contributed by atoms with Gasteiger partial charge in [0.2, 0.25) is 0 Å². The second kappa shape index (κ2) is 4.40. The van der Waals surface area contributed by atoms with Gasteiger partial charge in [0.05, 0.1) is 16.9 Å². The van der Waals surface area contributed by atoms with E-state index in [1.54, 1.807) is 4.31 Å². The normalized spacial score (nSPS) is 30.9. The van der Waals surface area contributed by atoms with Gasteiger partial charge in [0.1, 0.15) is 0 Å². The SMILES string of the molecule is CC(C)S(=O)N1C[C@@H](C)[C@H](C(=O)O)C1. The number of carbonyl (C=O) groups is 1. The summed E-state index contributed by atoms with van der Waals surface area (Å²) in [6, 6.07) is 0. The smallest absolute Gasteiger partial charge is 0.308 e. The van der Waals surface area contributed by atoms with E-state index in [0.29, 0.717) is 13.1 Å². The minimum absolute atomic E-state index is 0.0646. The Bertz CT molecular complexity index is 254. The molecular weight excluding hydrogens is 202 g/mol. The molecule has 1 saturated heterocycles. The van der Waals surface area contributed by atoms with Crippen LogP contribution in [-0.4, -0.2) is 37.9 Å². The zero-order valence-electron chi connectivity index (χ0n) is 8.77. The lowest BCUT2D eigenvalue weighted by molar-refractivity contribution is -0.142. The van der Waals surface area contributed by atoms with Crippen LogP contribution in [0.3, 0.4) is 0 Å². The number of nitrogens with zero attached hydrogens (tertiary/aromatic N) is 1. The van der Waals surface area contributed by atoms with Crippen molar-refractivity contribution in [3.63, 3.8) is 0 Å². The van der Waals surface area contributed by atoms with E-state index in [4.69, 9.17) is 5.11 Å². The molecule has 82 valence electrons. The van der Waals surface area contributed by atoms with E-state index >= 15 is 0 Å². The van der Waals surface area contributed by atoms with E-state index in [2.05, 4.69) is 0 Å². The molecule has 1 unspecified atom stereocenters. The first kappa shape index (κ1) is 11.7. The Morgan fingerprint density at radius 3 is 2.43 bits per heavy atom. The molecule has 1 rings (SSSR count). The molecule has 1 fully saturated rings. The highest BCUT2D eigenvalue weighted by atomic mass is 32.2. The lowest BCUT2D eigenvalue weighted by atomic mass is 9.99. The van der Waals surface area contributed by atoms with E-state index in [1.165, 1.54) is 0 Å². The fourth-order valence-electron chi connectivity index (χ4n) is 1.69. The van der Waals surface area contributed by atoms with Crippen LogP contribution < -0.4 is 0 Å². The van der Waals surface area contributed by atoms with Crippen molar-refractivity contribution in [3.8, 4) is 0 Å². The molecule has 1 N–H and O–H groups in total. The van der Waals surface area contributed by atoms with Crippen molar-refractivity contribution < 1.29 is 14.1 Å². The van der Waals surface area contributed by atoms with Gasteiger partial charge in [-0.05, 0) is 19.8 Å². The summed E-state index contributed by atoms with van der Waals surface area (Å²) < 4.78 is 13.5. The molecule has 1 aliphatic rings. The highest BCUT2D eigenvalue weighted by Crippen LogP contribution is 2.25. The van der Waals surface area contributed by atoms with Gasteiger partial charge in [0.15, 0.2) is 0 Å². The monoisotopic (exact) mass is 219 g/mol. The summed E-state index contributed by atoms with van der Waals surface area (Å²) in [6.07, 6.45) is 0. The third-order valence-corrected chi connectivity index (χ3v) is 4.17. The van der Waals surface area contributed by atoms with Gasteiger partial charge in [-0.25, -0.2) is 8.51 Å². The first-order valence-electron chi connectivity index (χ1n) is 4.82. The predicted molar refractivity (Wildman–Crippen MR) is 55.1 cm³/mol. The molecule has 0 aromatic heterocycles. The Hall–Kier alpha value is -0.420. The van der Waals surface area contributed by atoms with Crippen LogP contribution in [0.4, 0.5) is 0 Å². The van der Waals surface area contributed by atoms with Crippen LogP contribution in [0.25, 0.3) is 0 Å². The molecule has 0 aromatic carbocycles. The first-order valence-corrected chi connectivity index (χ1v) is 5.99. The molecule has 0 aromatic rings. The minimum Gasteiger partial charge on any atom is -0.481 e. The van der Waals surface area contributed by atoms with E-state index in [-0.39, 0.29) is 17.1 Å². The van der Waals surface area contributed by atoms with Crippen LogP contribution in [0.5, 0.6) is 0 Å². The number of hydrogen-bond acceptors (Lipinski definition) is 2. The summed E-state index contributed by atoms with van der Waals surface area (Å²) in [7, 11) is -1.03. The van der Waals surface area contributed by atoms with E-state index in [9.17, 15) is 9.00 Å². The maximum atomic E-state index is 11.7. The van der Waals surface area contributed by atoms with Crippen molar-refractivity contribution in [1.82, 2.24) is 4.31 Å². The summed E-state index contributed by atoms with van der Waals surface area (Å²) in [5.41, 5.74) is 0. The van der Waals surface area contributed by atoms with Crippen molar-refractivity contribution in [2.24, 2.45) is 11.8 Å². The number of hydrogen-bond donors (Lipinski definition) is 1. The largest absolute Gasteiger partial charge is 0.481 e. The maximum absolute atomic E-state index is 11.7. The Kier molecular flexibility index (Phi) is 3.66.